The Bertz CT molecular complexity index is 239. The minimum absolute atomic E-state index is 0.260. The van der Waals surface area contributed by atoms with Crippen molar-refractivity contribution in [3.05, 3.63) is 29.0 Å². The Morgan fingerprint density at radius 1 is 1.64 bits per heavy atom. The predicted octanol–water partition coefficient (Wildman–Crippen LogP) is 0.694. The molecule has 0 spiro atoms. The average molecular weight is 172 g/mol. The van der Waals surface area contributed by atoms with Crippen LogP contribution in [0.3, 0.4) is 0 Å². The molecule has 0 saturated carbocycles. The molecule has 0 aliphatic heterocycles. The van der Waals surface area contributed by atoms with Crippen LogP contribution >= 0.6 is 11.6 Å². The molecule has 1 aromatic rings. The van der Waals surface area contributed by atoms with E-state index < -0.39 is 0 Å². The van der Waals surface area contributed by atoms with Crippen LogP contribution in [0.5, 0.6) is 0 Å². The molecule has 0 aliphatic rings. The molecule has 0 radical (unpaired) electrons. The van der Waals surface area contributed by atoms with Gasteiger partial charge in [0, 0.05) is 12.7 Å². The van der Waals surface area contributed by atoms with Crippen LogP contribution in [-0.2, 0) is 0 Å². The van der Waals surface area contributed by atoms with Gasteiger partial charge in [-0.15, -0.1) is 0 Å². The van der Waals surface area contributed by atoms with E-state index in [-0.39, 0.29) is 6.04 Å². The number of hydrogen-bond acceptors (Lipinski definition) is 3. The molecule has 3 nitrogen and oxygen atoms in total. The molecule has 1 unspecified atom stereocenters. The molecule has 0 bridgehead atoms. The SMILES string of the molecule is NCC(N)c1ncccc1Cl. The number of hydrogen-bond donors (Lipinski definition) is 2. The summed E-state index contributed by atoms with van der Waals surface area (Å²) >= 11 is 5.80. The van der Waals surface area contributed by atoms with Crippen LogP contribution in [0.1, 0.15) is 11.7 Å². The quantitative estimate of drug-likeness (QED) is 0.689. The summed E-state index contributed by atoms with van der Waals surface area (Å²) in [6.07, 6.45) is 1.65. The van der Waals surface area contributed by atoms with E-state index >= 15 is 0 Å². The molecular weight excluding hydrogens is 162 g/mol. The molecule has 0 aromatic carbocycles. The lowest BCUT2D eigenvalue weighted by Crippen LogP contribution is -2.22. The highest BCUT2D eigenvalue weighted by Crippen LogP contribution is 2.16. The molecule has 1 rings (SSSR count). The Morgan fingerprint density at radius 3 is 2.91 bits per heavy atom. The summed E-state index contributed by atoms with van der Waals surface area (Å²) in [6.45, 7) is 0.358. The monoisotopic (exact) mass is 171 g/mol. The van der Waals surface area contributed by atoms with Crippen molar-refractivity contribution in [2.45, 2.75) is 6.04 Å². The molecule has 0 amide bonds. The van der Waals surface area contributed by atoms with E-state index in [0.29, 0.717) is 17.3 Å². The van der Waals surface area contributed by atoms with Crippen LogP contribution in [0.2, 0.25) is 5.02 Å². The van der Waals surface area contributed by atoms with Crippen LogP contribution in [0.15, 0.2) is 18.3 Å². The summed E-state index contributed by atoms with van der Waals surface area (Å²) in [5.41, 5.74) is 11.6. The van der Waals surface area contributed by atoms with Crippen LogP contribution in [0.4, 0.5) is 0 Å². The number of aromatic nitrogens is 1. The Labute approximate surface area is 70.4 Å². The highest BCUT2D eigenvalue weighted by atomic mass is 35.5. The Kier molecular flexibility index (Phi) is 2.82. The second-order valence-electron chi connectivity index (χ2n) is 2.21. The van der Waals surface area contributed by atoms with Gasteiger partial charge in [-0.05, 0) is 12.1 Å². The Morgan fingerprint density at radius 2 is 2.36 bits per heavy atom. The third-order valence-corrected chi connectivity index (χ3v) is 1.71. The first-order valence-electron chi connectivity index (χ1n) is 3.31. The molecule has 1 aromatic heterocycles. The molecule has 60 valence electrons. The van der Waals surface area contributed by atoms with Crippen LogP contribution in [-0.4, -0.2) is 11.5 Å². The molecule has 0 fully saturated rings. The first-order valence-corrected chi connectivity index (χ1v) is 3.69. The summed E-state index contributed by atoms with van der Waals surface area (Å²) < 4.78 is 0. The number of rotatable bonds is 2. The van der Waals surface area contributed by atoms with Crippen molar-refractivity contribution in [3.8, 4) is 0 Å². The Hall–Kier alpha value is -0.640. The minimum Gasteiger partial charge on any atom is -0.329 e. The maximum atomic E-state index is 5.80. The van der Waals surface area contributed by atoms with E-state index in [4.69, 9.17) is 23.1 Å². The molecule has 0 aliphatic carbocycles. The van der Waals surface area contributed by atoms with Gasteiger partial charge in [-0.3, -0.25) is 4.98 Å². The first-order chi connectivity index (χ1) is 5.25. The second-order valence-corrected chi connectivity index (χ2v) is 2.62. The van der Waals surface area contributed by atoms with E-state index in [0.717, 1.165) is 0 Å². The molecule has 4 heteroatoms. The van der Waals surface area contributed by atoms with Crippen molar-refractivity contribution in [2.75, 3.05) is 6.54 Å². The van der Waals surface area contributed by atoms with Gasteiger partial charge in [0.1, 0.15) is 0 Å². The van der Waals surface area contributed by atoms with E-state index in [9.17, 15) is 0 Å². The van der Waals surface area contributed by atoms with E-state index in [2.05, 4.69) is 4.98 Å². The minimum atomic E-state index is -0.260. The number of pyridine rings is 1. The zero-order valence-electron chi connectivity index (χ0n) is 6.00. The van der Waals surface area contributed by atoms with Gasteiger partial charge < -0.3 is 11.5 Å². The lowest BCUT2D eigenvalue weighted by Gasteiger charge is -2.08. The van der Waals surface area contributed by atoms with Crippen LogP contribution in [0.25, 0.3) is 0 Å². The van der Waals surface area contributed by atoms with Crippen LogP contribution < -0.4 is 11.5 Å². The highest BCUT2D eigenvalue weighted by Gasteiger charge is 2.07. The van der Waals surface area contributed by atoms with Gasteiger partial charge >= 0.3 is 0 Å². The maximum Gasteiger partial charge on any atom is 0.0769 e. The van der Waals surface area contributed by atoms with Gasteiger partial charge in [-0.1, -0.05) is 11.6 Å². The van der Waals surface area contributed by atoms with Crippen LogP contribution in [0, 0.1) is 0 Å². The fraction of sp³-hybridized carbons (Fsp3) is 0.286. The smallest absolute Gasteiger partial charge is 0.0769 e. The largest absolute Gasteiger partial charge is 0.329 e. The van der Waals surface area contributed by atoms with E-state index in [1.165, 1.54) is 0 Å². The molecule has 4 N–H and O–H groups in total. The normalized spacial score (nSPS) is 13.0. The van der Waals surface area contributed by atoms with Gasteiger partial charge in [0.25, 0.3) is 0 Å². The maximum absolute atomic E-state index is 5.80. The summed E-state index contributed by atoms with van der Waals surface area (Å²) in [5.74, 6) is 0. The van der Waals surface area contributed by atoms with E-state index in [1.807, 2.05) is 0 Å². The molecule has 11 heavy (non-hydrogen) atoms. The summed E-state index contributed by atoms with van der Waals surface area (Å²) in [5, 5.41) is 0.574. The molecule has 1 heterocycles. The van der Waals surface area contributed by atoms with Gasteiger partial charge in [0.15, 0.2) is 0 Å². The molecule has 0 saturated heterocycles. The standard InChI is InChI=1S/C7H10ClN3/c8-5-2-1-3-11-7(5)6(10)4-9/h1-3,6H,4,9-10H2. The third kappa shape index (κ3) is 1.89. The summed E-state index contributed by atoms with van der Waals surface area (Å²) in [4.78, 5) is 4.01. The average Bonchev–Trinajstić information content (AvgIpc) is 2.04. The molecule has 1 atom stereocenters. The van der Waals surface area contributed by atoms with Crippen molar-refractivity contribution < 1.29 is 0 Å². The fourth-order valence-electron chi connectivity index (χ4n) is 0.782. The van der Waals surface area contributed by atoms with Gasteiger partial charge in [-0.25, -0.2) is 0 Å². The van der Waals surface area contributed by atoms with Crippen molar-refractivity contribution in [3.63, 3.8) is 0 Å². The zero-order valence-corrected chi connectivity index (χ0v) is 6.75. The summed E-state index contributed by atoms with van der Waals surface area (Å²) in [7, 11) is 0. The highest BCUT2D eigenvalue weighted by molar-refractivity contribution is 6.31. The van der Waals surface area contributed by atoms with Crippen molar-refractivity contribution in [2.24, 2.45) is 11.5 Å². The van der Waals surface area contributed by atoms with Crippen molar-refractivity contribution in [1.82, 2.24) is 4.98 Å². The van der Waals surface area contributed by atoms with Crippen molar-refractivity contribution in [1.29, 1.82) is 0 Å². The Balaban J connectivity index is 2.93. The molecular formula is C7H10ClN3. The summed E-state index contributed by atoms with van der Waals surface area (Å²) in [6, 6.07) is 3.25. The third-order valence-electron chi connectivity index (χ3n) is 1.39. The first kappa shape index (κ1) is 8.46. The number of nitrogens with zero attached hydrogens (tertiary/aromatic N) is 1. The number of halogens is 1. The number of nitrogens with two attached hydrogens (primary N) is 2. The van der Waals surface area contributed by atoms with Gasteiger partial charge in [0.2, 0.25) is 0 Å². The van der Waals surface area contributed by atoms with Crippen molar-refractivity contribution >= 4 is 11.6 Å². The lowest BCUT2D eigenvalue weighted by atomic mass is 10.2. The predicted molar refractivity (Wildman–Crippen MR) is 45.2 cm³/mol. The zero-order chi connectivity index (χ0) is 8.27. The van der Waals surface area contributed by atoms with E-state index in [1.54, 1.807) is 18.3 Å². The van der Waals surface area contributed by atoms with Gasteiger partial charge in [-0.2, -0.15) is 0 Å². The fourth-order valence-corrected chi connectivity index (χ4v) is 1.04. The second kappa shape index (κ2) is 3.67. The lowest BCUT2D eigenvalue weighted by molar-refractivity contribution is 0.711. The van der Waals surface area contributed by atoms with Gasteiger partial charge in [0.05, 0.1) is 16.8 Å². The topological polar surface area (TPSA) is 64.9 Å².